The number of aryl methyl sites for hydroxylation is 1. The average molecular weight is 323 g/mol. The molecule has 0 bridgehead atoms. The first-order valence-corrected chi connectivity index (χ1v) is 8.02. The van der Waals surface area contributed by atoms with Crippen LogP contribution in [0.5, 0.6) is 0 Å². The lowest BCUT2D eigenvalue weighted by Crippen LogP contribution is -2.12. The minimum atomic E-state index is -0.146. The van der Waals surface area contributed by atoms with Gasteiger partial charge in [-0.05, 0) is 42.3 Å². The molecular formula is C19H21N3O2. The summed E-state index contributed by atoms with van der Waals surface area (Å²) >= 11 is 0. The normalized spacial score (nSPS) is 11.6. The second-order valence-corrected chi connectivity index (χ2v) is 6.86. The van der Waals surface area contributed by atoms with E-state index in [0.717, 1.165) is 22.4 Å². The summed E-state index contributed by atoms with van der Waals surface area (Å²) in [6, 6.07) is 9.37. The van der Waals surface area contributed by atoms with Gasteiger partial charge in [-0.15, -0.1) is 0 Å². The summed E-state index contributed by atoms with van der Waals surface area (Å²) in [6.45, 7) is 6.17. The first-order valence-electron chi connectivity index (χ1n) is 8.02. The summed E-state index contributed by atoms with van der Waals surface area (Å²) in [5.41, 5.74) is 3.17. The molecule has 1 N–H and O–H groups in total. The summed E-state index contributed by atoms with van der Waals surface area (Å²) in [5.74, 6) is 0.671. The van der Waals surface area contributed by atoms with Crippen LogP contribution in [0, 0.1) is 0 Å². The van der Waals surface area contributed by atoms with Crippen molar-refractivity contribution in [2.24, 2.45) is 0 Å². The Morgan fingerprint density at radius 3 is 2.62 bits per heavy atom. The number of hydrogen-bond acceptors (Lipinski definition) is 4. The van der Waals surface area contributed by atoms with Crippen LogP contribution in [0.4, 0.5) is 5.69 Å². The van der Waals surface area contributed by atoms with Gasteiger partial charge in [-0.1, -0.05) is 20.8 Å². The maximum absolute atomic E-state index is 12.1. The van der Waals surface area contributed by atoms with E-state index >= 15 is 0 Å². The van der Waals surface area contributed by atoms with Crippen LogP contribution in [0.3, 0.4) is 0 Å². The molecule has 0 aliphatic rings. The Kier molecular flexibility index (Phi) is 4.34. The lowest BCUT2D eigenvalue weighted by atomic mass is 9.97. The highest BCUT2D eigenvalue weighted by molar-refractivity contribution is 5.92. The number of hydrogen-bond donors (Lipinski definition) is 1. The minimum absolute atomic E-state index is 0.0225. The van der Waals surface area contributed by atoms with Crippen molar-refractivity contribution in [2.45, 2.75) is 39.0 Å². The fourth-order valence-electron chi connectivity index (χ4n) is 2.36. The maximum atomic E-state index is 12.1. The number of anilines is 1. The van der Waals surface area contributed by atoms with Crippen molar-refractivity contribution in [2.75, 3.05) is 5.32 Å². The highest BCUT2D eigenvalue weighted by Crippen LogP contribution is 2.27. The molecule has 0 fully saturated rings. The standard InChI is InChI=1S/C19H21N3O2/c1-19(2,3)18-22-15-12-14(5-6-16(15)24-18)21-17(23)7-4-13-8-10-20-11-9-13/h5-6,8-12H,4,7H2,1-3H3,(H,21,23). The van der Waals surface area contributed by atoms with Gasteiger partial charge >= 0.3 is 0 Å². The van der Waals surface area contributed by atoms with Crippen molar-refractivity contribution in [1.82, 2.24) is 9.97 Å². The molecule has 0 saturated heterocycles. The number of nitrogens with one attached hydrogen (secondary N) is 1. The van der Waals surface area contributed by atoms with Crippen LogP contribution in [-0.2, 0) is 16.6 Å². The Hall–Kier alpha value is -2.69. The van der Waals surface area contributed by atoms with E-state index in [1.165, 1.54) is 0 Å². The molecule has 124 valence electrons. The van der Waals surface area contributed by atoms with Gasteiger partial charge in [0.25, 0.3) is 0 Å². The Labute approximate surface area is 141 Å². The first-order chi connectivity index (χ1) is 11.4. The molecule has 3 rings (SSSR count). The number of benzene rings is 1. The van der Waals surface area contributed by atoms with Gasteiger partial charge in [0, 0.05) is 29.9 Å². The Balaban J connectivity index is 1.67. The number of carbonyl (C=O) groups is 1. The summed E-state index contributed by atoms with van der Waals surface area (Å²) in [6.07, 6.45) is 4.58. The second kappa shape index (κ2) is 6.43. The van der Waals surface area contributed by atoms with Crippen LogP contribution in [0.2, 0.25) is 0 Å². The third kappa shape index (κ3) is 3.79. The van der Waals surface area contributed by atoms with E-state index in [-0.39, 0.29) is 11.3 Å². The van der Waals surface area contributed by atoms with E-state index in [1.807, 2.05) is 30.3 Å². The average Bonchev–Trinajstić information content (AvgIpc) is 2.97. The van der Waals surface area contributed by atoms with Crippen molar-refractivity contribution in [3.63, 3.8) is 0 Å². The van der Waals surface area contributed by atoms with Crippen LogP contribution >= 0.6 is 0 Å². The summed E-state index contributed by atoms with van der Waals surface area (Å²) in [4.78, 5) is 20.6. The molecule has 2 heterocycles. The molecule has 0 spiro atoms. The second-order valence-electron chi connectivity index (χ2n) is 6.86. The predicted molar refractivity (Wildman–Crippen MR) is 93.9 cm³/mol. The molecule has 5 nitrogen and oxygen atoms in total. The predicted octanol–water partition coefficient (Wildman–Crippen LogP) is 4.09. The van der Waals surface area contributed by atoms with Crippen LogP contribution in [0.15, 0.2) is 47.1 Å². The Morgan fingerprint density at radius 1 is 1.17 bits per heavy atom. The monoisotopic (exact) mass is 323 g/mol. The number of aromatic nitrogens is 2. The quantitative estimate of drug-likeness (QED) is 0.785. The van der Waals surface area contributed by atoms with Gasteiger partial charge < -0.3 is 9.73 Å². The van der Waals surface area contributed by atoms with Crippen LogP contribution in [0.25, 0.3) is 11.1 Å². The lowest BCUT2D eigenvalue weighted by Gasteiger charge is -2.11. The largest absolute Gasteiger partial charge is 0.440 e. The molecule has 5 heteroatoms. The zero-order chi connectivity index (χ0) is 17.2. The molecule has 0 radical (unpaired) electrons. The summed E-state index contributed by atoms with van der Waals surface area (Å²) in [5, 5.41) is 2.92. The van der Waals surface area contributed by atoms with E-state index < -0.39 is 0 Å². The smallest absolute Gasteiger partial charge is 0.224 e. The SMILES string of the molecule is CC(C)(C)c1nc2cc(NC(=O)CCc3ccncc3)ccc2o1. The van der Waals surface area contributed by atoms with Crippen molar-refractivity contribution in [3.05, 3.63) is 54.2 Å². The third-order valence-corrected chi connectivity index (χ3v) is 3.70. The number of carbonyl (C=O) groups excluding carboxylic acids is 1. The van der Waals surface area contributed by atoms with Crippen molar-refractivity contribution in [3.8, 4) is 0 Å². The van der Waals surface area contributed by atoms with Gasteiger partial charge in [0.1, 0.15) is 5.52 Å². The molecule has 0 aliphatic carbocycles. The Morgan fingerprint density at radius 2 is 1.92 bits per heavy atom. The van der Waals surface area contributed by atoms with Crippen LogP contribution in [-0.4, -0.2) is 15.9 Å². The van der Waals surface area contributed by atoms with Gasteiger partial charge in [0.2, 0.25) is 11.8 Å². The molecule has 0 atom stereocenters. The van der Waals surface area contributed by atoms with E-state index in [0.29, 0.717) is 18.7 Å². The van der Waals surface area contributed by atoms with Gasteiger partial charge in [-0.2, -0.15) is 0 Å². The highest BCUT2D eigenvalue weighted by Gasteiger charge is 2.21. The Bertz CT molecular complexity index is 848. The molecule has 24 heavy (non-hydrogen) atoms. The highest BCUT2D eigenvalue weighted by atomic mass is 16.3. The zero-order valence-corrected chi connectivity index (χ0v) is 14.2. The van der Waals surface area contributed by atoms with E-state index in [9.17, 15) is 4.79 Å². The zero-order valence-electron chi connectivity index (χ0n) is 14.2. The number of rotatable bonds is 4. The van der Waals surface area contributed by atoms with Gasteiger partial charge in [0.05, 0.1) is 0 Å². The number of pyridine rings is 1. The van der Waals surface area contributed by atoms with E-state index in [4.69, 9.17) is 4.42 Å². The van der Waals surface area contributed by atoms with E-state index in [1.54, 1.807) is 12.4 Å². The number of oxazole rings is 1. The van der Waals surface area contributed by atoms with Gasteiger partial charge in [-0.3, -0.25) is 9.78 Å². The van der Waals surface area contributed by atoms with E-state index in [2.05, 4.69) is 36.1 Å². The molecule has 1 amide bonds. The van der Waals surface area contributed by atoms with Crippen molar-refractivity contribution >= 4 is 22.7 Å². The third-order valence-electron chi connectivity index (χ3n) is 3.70. The lowest BCUT2D eigenvalue weighted by molar-refractivity contribution is -0.116. The van der Waals surface area contributed by atoms with Gasteiger partial charge in [-0.25, -0.2) is 4.98 Å². The molecule has 0 saturated carbocycles. The van der Waals surface area contributed by atoms with Crippen LogP contribution in [0.1, 0.15) is 38.6 Å². The van der Waals surface area contributed by atoms with Crippen molar-refractivity contribution in [1.29, 1.82) is 0 Å². The fraction of sp³-hybridized carbons (Fsp3) is 0.316. The summed E-state index contributed by atoms with van der Waals surface area (Å²) in [7, 11) is 0. The molecule has 3 aromatic rings. The first kappa shape index (κ1) is 16.2. The summed E-state index contributed by atoms with van der Waals surface area (Å²) < 4.78 is 5.77. The fourth-order valence-corrected chi connectivity index (χ4v) is 2.36. The topological polar surface area (TPSA) is 68.0 Å². The maximum Gasteiger partial charge on any atom is 0.224 e. The molecular weight excluding hydrogens is 302 g/mol. The van der Waals surface area contributed by atoms with Gasteiger partial charge in [0.15, 0.2) is 5.58 Å². The van der Waals surface area contributed by atoms with Crippen LogP contribution < -0.4 is 5.32 Å². The molecule has 2 aromatic heterocycles. The minimum Gasteiger partial charge on any atom is -0.440 e. The molecule has 0 unspecified atom stereocenters. The number of fused-ring (bicyclic) bond motifs is 1. The molecule has 0 aliphatic heterocycles. The number of nitrogens with zero attached hydrogens (tertiary/aromatic N) is 2. The number of amides is 1. The van der Waals surface area contributed by atoms with Crippen molar-refractivity contribution < 1.29 is 9.21 Å². The molecule has 1 aromatic carbocycles.